The molecule has 0 spiro atoms. The predicted octanol–water partition coefficient (Wildman–Crippen LogP) is 0.647. The van der Waals surface area contributed by atoms with Gasteiger partial charge in [-0.05, 0) is 13.0 Å². The molecule has 0 saturated carbocycles. The molecule has 0 radical (unpaired) electrons. The molecule has 0 aliphatic rings. The van der Waals surface area contributed by atoms with Gasteiger partial charge in [0.15, 0.2) is 0 Å². The predicted molar refractivity (Wildman–Crippen MR) is 57.8 cm³/mol. The summed E-state index contributed by atoms with van der Waals surface area (Å²) >= 11 is 0. The van der Waals surface area contributed by atoms with Gasteiger partial charge in [-0.15, -0.1) is 0 Å². The topological polar surface area (TPSA) is 68.8 Å². The van der Waals surface area contributed by atoms with E-state index in [9.17, 15) is 13.9 Å². The van der Waals surface area contributed by atoms with Crippen LogP contribution < -0.4 is 0 Å². The van der Waals surface area contributed by atoms with Crippen molar-refractivity contribution in [2.75, 3.05) is 0 Å². The van der Waals surface area contributed by atoms with Gasteiger partial charge in [-0.1, -0.05) is 0 Å². The Morgan fingerprint density at radius 3 is 2.83 bits per heavy atom. The van der Waals surface area contributed by atoms with Crippen molar-refractivity contribution < 1.29 is 13.9 Å². The SMILES string of the molecule is C[C@@](O)(Cn1cncn1)c1ccn(CC(F)F)n1. The van der Waals surface area contributed by atoms with E-state index in [1.807, 2.05) is 0 Å². The second-order valence-electron chi connectivity index (χ2n) is 4.18. The second kappa shape index (κ2) is 4.81. The molecule has 18 heavy (non-hydrogen) atoms. The third-order valence-corrected chi connectivity index (χ3v) is 2.45. The molecule has 0 unspecified atom stereocenters. The molecule has 2 rings (SSSR count). The Labute approximate surface area is 102 Å². The Morgan fingerprint density at radius 2 is 2.22 bits per heavy atom. The molecule has 98 valence electrons. The third-order valence-electron chi connectivity index (χ3n) is 2.45. The number of halogens is 2. The van der Waals surface area contributed by atoms with Crippen LogP contribution in [0.5, 0.6) is 0 Å². The minimum absolute atomic E-state index is 0.151. The van der Waals surface area contributed by atoms with E-state index in [0.717, 1.165) is 4.68 Å². The minimum Gasteiger partial charge on any atom is -0.382 e. The molecule has 0 bridgehead atoms. The minimum atomic E-state index is -2.47. The van der Waals surface area contributed by atoms with Crippen LogP contribution in [-0.4, -0.2) is 36.1 Å². The monoisotopic (exact) mass is 257 g/mol. The van der Waals surface area contributed by atoms with Crippen LogP contribution in [0.15, 0.2) is 24.9 Å². The zero-order valence-electron chi connectivity index (χ0n) is 9.74. The van der Waals surface area contributed by atoms with Crippen molar-refractivity contribution in [2.24, 2.45) is 0 Å². The molecule has 1 N–H and O–H groups in total. The van der Waals surface area contributed by atoms with Gasteiger partial charge in [-0.3, -0.25) is 4.68 Å². The Morgan fingerprint density at radius 1 is 1.44 bits per heavy atom. The van der Waals surface area contributed by atoms with Crippen LogP contribution in [0, 0.1) is 0 Å². The van der Waals surface area contributed by atoms with Gasteiger partial charge in [0.1, 0.15) is 24.8 Å². The van der Waals surface area contributed by atoms with Crippen LogP contribution in [0.3, 0.4) is 0 Å². The lowest BCUT2D eigenvalue weighted by molar-refractivity contribution is 0.0288. The first-order valence-electron chi connectivity index (χ1n) is 5.34. The molecule has 0 saturated heterocycles. The van der Waals surface area contributed by atoms with Crippen molar-refractivity contribution in [3.63, 3.8) is 0 Å². The number of hydrogen-bond acceptors (Lipinski definition) is 4. The first kappa shape index (κ1) is 12.6. The average molecular weight is 257 g/mol. The lowest BCUT2D eigenvalue weighted by Crippen LogP contribution is -2.29. The Bertz CT molecular complexity index is 494. The number of hydrogen-bond donors (Lipinski definition) is 1. The third kappa shape index (κ3) is 2.89. The highest BCUT2D eigenvalue weighted by Gasteiger charge is 2.27. The maximum atomic E-state index is 12.2. The van der Waals surface area contributed by atoms with Crippen LogP contribution in [0.1, 0.15) is 12.6 Å². The largest absolute Gasteiger partial charge is 0.382 e. The van der Waals surface area contributed by atoms with E-state index in [2.05, 4.69) is 15.2 Å². The van der Waals surface area contributed by atoms with Gasteiger partial charge in [0.25, 0.3) is 6.43 Å². The van der Waals surface area contributed by atoms with Gasteiger partial charge in [0, 0.05) is 6.20 Å². The summed E-state index contributed by atoms with van der Waals surface area (Å²) in [6.45, 7) is 1.21. The van der Waals surface area contributed by atoms with Crippen molar-refractivity contribution in [1.29, 1.82) is 0 Å². The lowest BCUT2D eigenvalue weighted by Gasteiger charge is -2.20. The van der Waals surface area contributed by atoms with Crippen molar-refractivity contribution >= 4 is 0 Å². The van der Waals surface area contributed by atoms with Crippen LogP contribution in [-0.2, 0) is 18.7 Å². The van der Waals surface area contributed by atoms with Crippen LogP contribution >= 0.6 is 0 Å². The van der Waals surface area contributed by atoms with E-state index < -0.39 is 18.6 Å². The molecule has 0 fully saturated rings. The quantitative estimate of drug-likeness (QED) is 0.853. The summed E-state index contributed by atoms with van der Waals surface area (Å²) in [7, 11) is 0. The van der Waals surface area contributed by atoms with Gasteiger partial charge < -0.3 is 5.11 Å². The average Bonchev–Trinajstić information content (AvgIpc) is 2.87. The normalized spacial score (nSPS) is 14.9. The summed E-state index contributed by atoms with van der Waals surface area (Å²) in [5, 5.41) is 18.1. The summed E-state index contributed by atoms with van der Waals surface area (Å²) < 4.78 is 26.9. The fourth-order valence-corrected chi connectivity index (χ4v) is 1.60. The highest BCUT2D eigenvalue weighted by molar-refractivity contribution is 5.08. The Kier molecular flexibility index (Phi) is 3.37. The van der Waals surface area contributed by atoms with Crippen LogP contribution in [0.25, 0.3) is 0 Å². The van der Waals surface area contributed by atoms with E-state index in [1.165, 1.54) is 29.6 Å². The second-order valence-corrected chi connectivity index (χ2v) is 4.18. The molecule has 0 aliphatic heterocycles. The zero-order chi connectivity index (χ0) is 13.2. The smallest absolute Gasteiger partial charge is 0.257 e. The molecular weight excluding hydrogens is 244 g/mol. The summed E-state index contributed by atoms with van der Waals surface area (Å²) in [6.07, 6.45) is 1.76. The molecule has 1 atom stereocenters. The molecule has 6 nitrogen and oxygen atoms in total. The number of alkyl halides is 2. The molecule has 0 amide bonds. The van der Waals surface area contributed by atoms with E-state index in [0.29, 0.717) is 5.69 Å². The molecule has 0 aromatic carbocycles. The molecule has 2 heterocycles. The summed E-state index contributed by atoms with van der Waals surface area (Å²) in [5.74, 6) is 0. The van der Waals surface area contributed by atoms with E-state index in [-0.39, 0.29) is 6.54 Å². The number of aliphatic hydroxyl groups is 1. The summed E-state index contributed by atoms with van der Waals surface area (Å²) in [4.78, 5) is 3.76. The first-order valence-corrected chi connectivity index (χ1v) is 5.34. The van der Waals surface area contributed by atoms with Crippen molar-refractivity contribution in [2.45, 2.75) is 32.0 Å². The maximum absolute atomic E-state index is 12.2. The maximum Gasteiger partial charge on any atom is 0.257 e. The van der Waals surface area contributed by atoms with Crippen LogP contribution in [0.2, 0.25) is 0 Å². The molecule has 8 heteroatoms. The Balaban J connectivity index is 2.11. The molecule has 0 aliphatic carbocycles. The van der Waals surface area contributed by atoms with Crippen molar-refractivity contribution in [1.82, 2.24) is 24.5 Å². The molecule has 2 aromatic heterocycles. The Hall–Kier alpha value is -1.83. The van der Waals surface area contributed by atoms with E-state index in [4.69, 9.17) is 0 Å². The number of nitrogens with zero attached hydrogens (tertiary/aromatic N) is 5. The highest BCUT2D eigenvalue weighted by atomic mass is 19.3. The summed E-state index contributed by atoms with van der Waals surface area (Å²) in [6, 6.07) is 1.51. The number of aromatic nitrogens is 5. The van der Waals surface area contributed by atoms with Gasteiger partial charge in [0.05, 0.1) is 12.2 Å². The molecule has 2 aromatic rings. The van der Waals surface area contributed by atoms with E-state index in [1.54, 1.807) is 6.92 Å². The zero-order valence-corrected chi connectivity index (χ0v) is 9.74. The fourth-order valence-electron chi connectivity index (χ4n) is 1.60. The van der Waals surface area contributed by atoms with Gasteiger partial charge in [0.2, 0.25) is 0 Å². The van der Waals surface area contributed by atoms with Crippen LogP contribution in [0.4, 0.5) is 8.78 Å². The lowest BCUT2D eigenvalue weighted by atomic mass is 10.0. The van der Waals surface area contributed by atoms with Gasteiger partial charge >= 0.3 is 0 Å². The fraction of sp³-hybridized carbons (Fsp3) is 0.500. The van der Waals surface area contributed by atoms with Gasteiger partial charge in [-0.2, -0.15) is 10.2 Å². The standard InChI is InChI=1S/C10H13F2N5O/c1-10(18,5-17-7-13-6-14-17)8-2-3-16(15-8)4-9(11)12/h2-3,6-7,9,18H,4-5H2,1H3/t10-/m1/s1. The number of rotatable bonds is 5. The van der Waals surface area contributed by atoms with E-state index >= 15 is 0 Å². The highest BCUT2D eigenvalue weighted by Crippen LogP contribution is 2.20. The molecular formula is C10H13F2N5O. The van der Waals surface area contributed by atoms with Crippen molar-refractivity contribution in [3.8, 4) is 0 Å². The first-order chi connectivity index (χ1) is 8.47. The van der Waals surface area contributed by atoms with Gasteiger partial charge in [-0.25, -0.2) is 18.4 Å². The van der Waals surface area contributed by atoms with Crippen molar-refractivity contribution in [3.05, 3.63) is 30.6 Å². The summed E-state index contributed by atoms with van der Waals surface area (Å²) in [5.41, 5.74) is -0.972.